The number of hydrogen-bond donors (Lipinski definition) is 2. The Morgan fingerprint density at radius 2 is 1.76 bits per heavy atom. The van der Waals surface area contributed by atoms with Crippen LogP contribution in [0.25, 0.3) is 0 Å². The Kier molecular flexibility index (Phi) is 5.46. The second kappa shape index (κ2) is 7.94. The summed E-state index contributed by atoms with van der Waals surface area (Å²) in [5, 5.41) is 11.4. The number of rotatable bonds is 5. The normalized spacial score (nSPS) is 10.5. The van der Waals surface area contributed by atoms with Gasteiger partial charge in [0.05, 0.1) is 18.4 Å². The molecule has 0 bridgehead atoms. The van der Waals surface area contributed by atoms with Crippen molar-refractivity contribution >= 4 is 28.7 Å². The van der Waals surface area contributed by atoms with Crippen LogP contribution in [0.3, 0.4) is 0 Å². The molecule has 128 valence electrons. The van der Waals surface area contributed by atoms with Gasteiger partial charge in [-0.3, -0.25) is 4.68 Å². The van der Waals surface area contributed by atoms with Gasteiger partial charge in [-0.2, -0.15) is 5.10 Å². The molecule has 2 N–H and O–H groups in total. The van der Waals surface area contributed by atoms with Gasteiger partial charge in [0.2, 0.25) is 0 Å². The minimum Gasteiger partial charge on any atom is -0.332 e. The first-order chi connectivity index (χ1) is 12.2. The average Bonchev–Trinajstić information content (AvgIpc) is 3.04. The third kappa shape index (κ3) is 4.45. The fourth-order valence-corrected chi connectivity index (χ4v) is 2.94. The lowest BCUT2D eigenvalue weighted by Crippen LogP contribution is -2.19. The zero-order valence-corrected chi connectivity index (χ0v) is 15.3. The monoisotopic (exact) mass is 350 g/mol. The van der Waals surface area contributed by atoms with Gasteiger partial charge < -0.3 is 10.6 Å². The van der Waals surface area contributed by atoms with Crippen LogP contribution >= 0.6 is 12.2 Å². The molecule has 1 aromatic heterocycles. The molecule has 0 radical (unpaired) electrons. The van der Waals surface area contributed by atoms with Crippen molar-refractivity contribution in [3.05, 3.63) is 77.6 Å². The first-order valence-corrected chi connectivity index (χ1v) is 8.79. The van der Waals surface area contributed by atoms with E-state index in [0.29, 0.717) is 5.11 Å². The number of hydrogen-bond acceptors (Lipinski definition) is 2. The molecule has 0 aliphatic heterocycles. The number of para-hydroxylation sites is 1. The molecule has 0 amide bonds. The molecule has 4 nitrogen and oxygen atoms in total. The van der Waals surface area contributed by atoms with Gasteiger partial charge in [-0.1, -0.05) is 49.4 Å². The number of thiocarbonyl (C=S) groups is 1. The Morgan fingerprint density at radius 3 is 2.52 bits per heavy atom. The van der Waals surface area contributed by atoms with Gasteiger partial charge in [-0.15, -0.1) is 0 Å². The van der Waals surface area contributed by atoms with Crippen molar-refractivity contribution in [3.8, 4) is 0 Å². The second-order valence-electron chi connectivity index (χ2n) is 5.94. The molecule has 3 aromatic rings. The summed E-state index contributed by atoms with van der Waals surface area (Å²) >= 11 is 5.43. The van der Waals surface area contributed by atoms with Crippen molar-refractivity contribution in [2.45, 2.75) is 26.8 Å². The third-order valence-electron chi connectivity index (χ3n) is 4.13. The van der Waals surface area contributed by atoms with E-state index in [4.69, 9.17) is 12.2 Å². The lowest BCUT2D eigenvalue weighted by Gasteiger charge is -2.12. The molecule has 0 aliphatic rings. The van der Waals surface area contributed by atoms with E-state index in [0.717, 1.165) is 24.3 Å². The summed E-state index contributed by atoms with van der Waals surface area (Å²) in [7, 11) is 0. The van der Waals surface area contributed by atoms with Crippen molar-refractivity contribution in [1.82, 2.24) is 9.78 Å². The fraction of sp³-hybridized carbons (Fsp3) is 0.200. The smallest absolute Gasteiger partial charge is 0.175 e. The molecule has 1 heterocycles. The highest BCUT2D eigenvalue weighted by Gasteiger charge is 2.05. The number of aryl methyl sites for hydroxylation is 2. The van der Waals surface area contributed by atoms with E-state index in [2.05, 4.69) is 53.8 Å². The average molecular weight is 350 g/mol. The number of nitrogens with zero attached hydrogens (tertiary/aromatic N) is 2. The molecule has 0 aliphatic carbocycles. The molecule has 2 aromatic carbocycles. The lowest BCUT2D eigenvalue weighted by atomic mass is 10.1. The van der Waals surface area contributed by atoms with Crippen LogP contribution in [0.4, 0.5) is 11.4 Å². The summed E-state index contributed by atoms with van der Waals surface area (Å²) in [6.45, 7) is 4.99. The summed E-state index contributed by atoms with van der Waals surface area (Å²) in [5.74, 6) is 0. The third-order valence-corrected chi connectivity index (χ3v) is 4.34. The Labute approximate surface area is 153 Å². The van der Waals surface area contributed by atoms with E-state index in [9.17, 15) is 0 Å². The predicted molar refractivity (Wildman–Crippen MR) is 108 cm³/mol. The van der Waals surface area contributed by atoms with Gasteiger partial charge in [0.1, 0.15) is 0 Å². The van der Waals surface area contributed by atoms with Crippen LogP contribution in [-0.4, -0.2) is 14.9 Å². The number of anilines is 2. The van der Waals surface area contributed by atoms with Crippen molar-refractivity contribution in [1.29, 1.82) is 0 Å². The van der Waals surface area contributed by atoms with Crippen molar-refractivity contribution in [3.63, 3.8) is 0 Å². The molecule has 0 atom stereocenters. The molecular weight excluding hydrogens is 328 g/mol. The Bertz CT molecular complexity index is 869. The number of nitrogens with one attached hydrogen (secondary N) is 2. The molecule has 0 fully saturated rings. The maximum Gasteiger partial charge on any atom is 0.175 e. The summed E-state index contributed by atoms with van der Waals surface area (Å²) in [6.07, 6.45) is 4.71. The molecule has 25 heavy (non-hydrogen) atoms. The van der Waals surface area contributed by atoms with Crippen LogP contribution < -0.4 is 10.6 Å². The minimum absolute atomic E-state index is 0.566. The first-order valence-electron chi connectivity index (χ1n) is 8.38. The molecular formula is C20H22N4S. The SMILES string of the molecule is CCc1ccccc1NC(=S)Nc1cnn(Cc2ccccc2C)c1. The maximum atomic E-state index is 5.43. The van der Waals surface area contributed by atoms with Gasteiger partial charge in [-0.25, -0.2) is 0 Å². The number of benzene rings is 2. The largest absolute Gasteiger partial charge is 0.332 e. The maximum absolute atomic E-state index is 5.43. The predicted octanol–water partition coefficient (Wildman–Crippen LogP) is 4.61. The Morgan fingerprint density at radius 1 is 1.04 bits per heavy atom. The van der Waals surface area contributed by atoms with Crippen LogP contribution in [-0.2, 0) is 13.0 Å². The summed E-state index contributed by atoms with van der Waals surface area (Å²) in [5.41, 5.74) is 5.67. The van der Waals surface area contributed by atoms with Gasteiger partial charge in [-0.05, 0) is 48.3 Å². The van der Waals surface area contributed by atoms with E-state index in [-0.39, 0.29) is 0 Å². The van der Waals surface area contributed by atoms with Crippen LogP contribution in [0.1, 0.15) is 23.6 Å². The highest BCUT2D eigenvalue weighted by Crippen LogP contribution is 2.16. The molecule has 0 saturated carbocycles. The lowest BCUT2D eigenvalue weighted by molar-refractivity contribution is 0.684. The van der Waals surface area contributed by atoms with Crippen molar-refractivity contribution < 1.29 is 0 Å². The van der Waals surface area contributed by atoms with Gasteiger partial charge in [0.15, 0.2) is 5.11 Å². The minimum atomic E-state index is 0.566. The standard InChI is InChI=1S/C20H22N4S/c1-3-16-9-6-7-11-19(16)23-20(25)22-18-12-21-24(14-18)13-17-10-5-4-8-15(17)2/h4-12,14H,3,13H2,1-2H3,(H2,22,23,25). The Balaban J connectivity index is 1.63. The first kappa shape index (κ1) is 17.2. The summed E-state index contributed by atoms with van der Waals surface area (Å²) in [6, 6.07) is 16.5. The molecule has 0 saturated heterocycles. The highest BCUT2D eigenvalue weighted by molar-refractivity contribution is 7.80. The highest BCUT2D eigenvalue weighted by atomic mass is 32.1. The van der Waals surface area contributed by atoms with Crippen molar-refractivity contribution in [2.24, 2.45) is 0 Å². The molecule has 0 spiro atoms. The molecule has 5 heteroatoms. The van der Waals surface area contributed by atoms with Crippen LogP contribution in [0.2, 0.25) is 0 Å². The Hall–Kier alpha value is -2.66. The van der Waals surface area contributed by atoms with E-state index >= 15 is 0 Å². The zero-order chi connectivity index (χ0) is 17.6. The van der Waals surface area contributed by atoms with Gasteiger partial charge in [0, 0.05) is 11.9 Å². The van der Waals surface area contributed by atoms with Crippen LogP contribution in [0.5, 0.6) is 0 Å². The zero-order valence-electron chi connectivity index (χ0n) is 14.5. The quantitative estimate of drug-likeness (QED) is 0.659. The summed E-state index contributed by atoms with van der Waals surface area (Å²) < 4.78 is 1.91. The van der Waals surface area contributed by atoms with E-state index in [1.165, 1.54) is 16.7 Å². The fourth-order valence-electron chi connectivity index (χ4n) is 2.71. The van der Waals surface area contributed by atoms with Crippen molar-refractivity contribution in [2.75, 3.05) is 10.6 Å². The van der Waals surface area contributed by atoms with E-state index in [1.807, 2.05) is 35.1 Å². The van der Waals surface area contributed by atoms with Crippen LogP contribution in [0.15, 0.2) is 60.9 Å². The van der Waals surface area contributed by atoms with Crippen LogP contribution in [0, 0.1) is 6.92 Å². The van der Waals surface area contributed by atoms with E-state index < -0.39 is 0 Å². The van der Waals surface area contributed by atoms with Gasteiger partial charge >= 0.3 is 0 Å². The second-order valence-corrected chi connectivity index (χ2v) is 6.35. The molecule has 0 unspecified atom stereocenters. The topological polar surface area (TPSA) is 41.9 Å². The number of aromatic nitrogens is 2. The molecule has 3 rings (SSSR count). The summed E-state index contributed by atoms with van der Waals surface area (Å²) in [4.78, 5) is 0. The van der Waals surface area contributed by atoms with E-state index in [1.54, 1.807) is 6.20 Å². The van der Waals surface area contributed by atoms with Gasteiger partial charge in [0.25, 0.3) is 0 Å².